The fourth-order valence-electron chi connectivity index (χ4n) is 1.97. The molecule has 0 heterocycles. The maximum Gasteiger partial charge on any atom is 0.162 e. The highest BCUT2D eigenvalue weighted by atomic mass is 16.2. The summed E-state index contributed by atoms with van der Waals surface area (Å²) < 4.78 is 0. The van der Waals surface area contributed by atoms with Gasteiger partial charge < -0.3 is 10.4 Å². The van der Waals surface area contributed by atoms with Crippen LogP contribution in [0.3, 0.4) is 0 Å². The van der Waals surface area contributed by atoms with Crippen molar-refractivity contribution >= 4 is 11.5 Å². The van der Waals surface area contributed by atoms with Crippen molar-refractivity contribution < 1.29 is 9.90 Å². The van der Waals surface area contributed by atoms with Gasteiger partial charge in [-0.05, 0) is 42.5 Å². The number of carbonyl (C=O) groups excluding carboxylic acids is 1. The first-order valence-electron chi connectivity index (χ1n) is 6.96. The highest BCUT2D eigenvalue weighted by Gasteiger charge is 2.16. The Morgan fingerprint density at radius 1 is 1.26 bits per heavy atom. The molecule has 19 heavy (non-hydrogen) atoms. The molecule has 1 aromatic carbocycles. The number of benzene rings is 1. The Balaban J connectivity index is 2.52. The van der Waals surface area contributed by atoms with Crippen molar-refractivity contribution in [3.8, 4) is 0 Å². The van der Waals surface area contributed by atoms with Crippen LogP contribution in [0.5, 0.6) is 0 Å². The third-order valence-corrected chi connectivity index (χ3v) is 3.31. The van der Waals surface area contributed by atoms with Crippen molar-refractivity contribution in [1.82, 2.24) is 0 Å². The standard InChI is InChI=1S/C16H25NO2/c1-4-15(19)13-6-8-14(9-7-13)17-12-16(2,3)10-5-11-18/h6-9,17-18H,4-5,10-12H2,1-3H3. The second kappa shape index (κ2) is 7.29. The van der Waals surface area contributed by atoms with Gasteiger partial charge in [0.2, 0.25) is 0 Å². The zero-order chi connectivity index (χ0) is 14.3. The van der Waals surface area contributed by atoms with E-state index in [0.29, 0.717) is 6.42 Å². The normalized spacial score (nSPS) is 11.4. The van der Waals surface area contributed by atoms with Gasteiger partial charge in [0.25, 0.3) is 0 Å². The molecule has 0 aliphatic rings. The number of carbonyl (C=O) groups is 1. The first-order valence-corrected chi connectivity index (χ1v) is 6.96. The van der Waals surface area contributed by atoms with Gasteiger partial charge in [0, 0.05) is 30.8 Å². The predicted molar refractivity (Wildman–Crippen MR) is 79.7 cm³/mol. The number of nitrogens with one attached hydrogen (secondary N) is 1. The molecule has 0 spiro atoms. The summed E-state index contributed by atoms with van der Waals surface area (Å²) in [5.74, 6) is 0.176. The fourth-order valence-corrected chi connectivity index (χ4v) is 1.97. The lowest BCUT2D eigenvalue weighted by molar-refractivity contribution is 0.0988. The number of aliphatic hydroxyl groups is 1. The molecule has 0 aliphatic carbocycles. The number of ketones is 1. The maximum atomic E-state index is 11.5. The van der Waals surface area contributed by atoms with Gasteiger partial charge in [0.15, 0.2) is 5.78 Å². The van der Waals surface area contributed by atoms with E-state index in [0.717, 1.165) is 30.6 Å². The van der Waals surface area contributed by atoms with Crippen LogP contribution in [-0.4, -0.2) is 24.0 Å². The lowest BCUT2D eigenvalue weighted by Gasteiger charge is -2.25. The van der Waals surface area contributed by atoms with Gasteiger partial charge in [-0.2, -0.15) is 0 Å². The number of anilines is 1. The molecular weight excluding hydrogens is 238 g/mol. The Morgan fingerprint density at radius 3 is 2.42 bits per heavy atom. The number of Topliss-reactive ketones (excluding diaryl/α,β-unsaturated/α-hetero) is 1. The van der Waals surface area contributed by atoms with Crippen molar-refractivity contribution in [3.05, 3.63) is 29.8 Å². The molecule has 0 fully saturated rings. The molecule has 0 atom stereocenters. The van der Waals surface area contributed by atoms with Crippen LogP contribution in [0.25, 0.3) is 0 Å². The number of aliphatic hydroxyl groups excluding tert-OH is 1. The molecule has 2 N–H and O–H groups in total. The topological polar surface area (TPSA) is 49.3 Å². The van der Waals surface area contributed by atoms with Gasteiger partial charge in [-0.25, -0.2) is 0 Å². The Kier molecular flexibility index (Phi) is 6.03. The minimum atomic E-state index is 0.153. The molecule has 106 valence electrons. The van der Waals surface area contributed by atoms with Crippen LogP contribution < -0.4 is 5.32 Å². The van der Waals surface area contributed by atoms with Crippen molar-refractivity contribution in [2.45, 2.75) is 40.0 Å². The summed E-state index contributed by atoms with van der Waals surface area (Å²) in [7, 11) is 0. The average molecular weight is 263 g/mol. The first kappa shape index (κ1) is 15.7. The summed E-state index contributed by atoms with van der Waals surface area (Å²) in [6.07, 6.45) is 2.36. The van der Waals surface area contributed by atoms with E-state index in [-0.39, 0.29) is 17.8 Å². The van der Waals surface area contributed by atoms with Gasteiger partial charge in [0.1, 0.15) is 0 Å². The van der Waals surface area contributed by atoms with Crippen molar-refractivity contribution in [3.63, 3.8) is 0 Å². The van der Waals surface area contributed by atoms with Gasteiger partial charge in [-0.1, -0.05) is 20.8 Å². The lowest BCUT2D eigenvalue weighted by atomic mass is 9.88. The Hall–Kier alpha value is -1.35. The summed E-state index contributed by atoms with van der Waals surface area (Å²) in [6, 6.07) is 7.64. The molecule has 3 nitrogen and oxygen atoms in total. The number of hydrogen-bond acceptors (Lipinski definition) is 3. The zero-order valence-corrected chi connectivity index (χ0v) is 12.2. The van der Waals surface area contributed by atoms with Crippen LogP contribution in [0.15, 0.2) is 24.3 Å². The molecule has 0 radical (unpaired) electrons. The predicted octanol–water partition coefficient (Wildman–Crippen LogP) is 3.49. The average Bonchev–Trinajstić information content (AvgIpc) is 2.43. The molecular formula is C16H25NO2. The Bertz CT molecular complexity index is 396. The first-order chi connectivity index (χ1) is 8.98. The van der Waals surface area contributed by atoms with Gasteiger partial charge >= 0.3 is 0 Å². The van der Waals surface area contributed by atoms with Crippen LogP contribution in [0.2, 0.25) is 0 Å². The minimum absolute atomic E-state index is 0.153. The van der Waals surface area contributed by atoms with E-state index in [2.05, 4.69) is 19.2 Å². The van der Waals surface area contributed by atoms with E-state index in [9.17, 15) is 4.79 Å². The Morgan fingerprint density at radius 2 is 1.89 bits per heavy atom. The van der Waals surface area contributed by atoms with E-state index < -0.39 is 0 Å². The monoisotopic (exact) mass is 263 g/mol. The summed E-state index contributed by atoms with van der Waals surface area (Å²) in [5, 5.41) is 12.3. The molecule has 0 bridgehead atoms. The second-order valence-electron chi connectivity index (χ2n) is 5.70. The smallest absolute Gasteiger partial charge is 0.162 e. The molecule has 0 unspecified atom stereocenters. The molecule has 0 saturated carbocycles. The quantitative estimate of drug-likeness (QED) is 0.706. The van der Waals surface area contributed by atoms with E-state index in [1.54, 1.807) is 0 Å². The fraction of sp³-hybridized carbons (Fsp3) is 0.562. The van der Waals surface area contributed by atoms with E-state index in [4.69, 9.17) is 5.11 Å². The summed E-state index contributed by atoms with van der Waals surface area (Å²) in [6.45, 7) is 7.35. The van der Waals surface area contributed by atoms with Crippen LogP contribution in [-0.2, 0) is 0 Å². The largest absolute Gasteiger partial charge is 0.396 e. The van der Waals surface area contributed by atoms with Crippen molar-refractivity contribution in [2.24, 2.45) is 5.41 Å². The van der Waals surface area contributed by atoms with Crippen LogP contribution >= 0.6 is 0 Å². The van der Waals surface area contributed by atoms with Crippen molar-refractivity contribution in [1.29, 1.82) is 0 Å². The highest BCUT2D eigenvalue weighted by Crippen LogP contribution is 2.23. The highest BCUT2D eigenvalue weighted by molar-refractivity contribution is 5.96. The maximum absolute atomic E-state index is 11.5. The zero-order valence-electron chi connectivity index (χ0n) is 12.2. The number of rotatable bonds is 8. The molecule has 3 heteroatoms. The second-order valence-corrected chi connectivity index (χ2v) is 5.70. The van der Waals surface area contributed by atoms with E-state index >= 15 is 0 Å². The van der Waals surface area contributed by atoms with E-state index in [1.807, 2.05) is 31.2 Å². The van der Waals surface area contributed by atoms with Crippen LogP contribution in [0.4, 0.5) is 5.69 Å². The lowest BCUT2D eigenvalue weighted by Crippen LogP contribution is -2.23. The molecule has 0 saturated heterocycles. The van der Waals surface area contributed by atoms with E-state index in [1.165, 1.54) is 0 Å². The van der Waals surface area contributed by atoms with Crippen LogP contribution in [0.1, 0.15) is 50.4 Å². The molecule has 0 amide bonds. The molecule has 0 aromatic heterocycles. The number of hydrogen-bond donors (Lipinski definition) is 2. The summed E-state index contributed by atoms with van der Waals surface area (Å²) >= 11 is 0. The molecule has 1 rings (SSSR count). The van der Waals surface area contributed by atoms with Gasteiger partial charge in [-0.3, -0.25) is 4.79 Å². The molecule has 1 aromatic rings. The minimum Gasteiger partial charge on any atom is -0.396 e. The van der Waals surface area contributed by atoms with Crippen molar-refractivity contribution in [2.75, 3.05) is 18.5 Å². The third kappa shape index (κ3) is 5.43. The summed E-state index contributed by atoms with van der Waals surface area (Å²) in [5.41, 5.74) is 1.96. The van der Waals surface area contributed by atoms with Gasteiger partial charge in [0.05, 0.1) is 0 Å². The third-order valence-electron chi connectivity index (χ3n) is 3.31. The summed E-state index contributed by atoms with van der Waals surface area (Å²) in [4.78, 5) is 11.5. The Labute approximate surface area is 116 Å². The van der Waals surface area contributed by atoms with Crippen LogP contribution in [0, 0.1) is 5.41 Å². The SMILES string of the molecule is CCC(=O)c1ccc(NCC(C)(C)CCCO)cc1. The molecule has 0 aliphatic heterocycles. The van der Waals surface area contributed by atoms with Gasteiger partial charge in [-0.15, -0.1) is 0 Å².